The Balaban J connectivity index is 1.68. The first kappa shape index (κ1) is 27.6. The van der Waals surface area contributed by atoms with Gasteiger partial charge in [-0.25, -0.2) is 9.59 Å². The quantitative estimate of drug-likeness (QED) is 0.433. The Morgan fingerprint density at radius 3 is 2.42 bits per heavy atom. The number of primary amides is 1. The van der Waals surface area contributed by atoms with Crippen molar-refractivity contribution in [1.82, 2.24) is 4.90 Å². The Morgan fingerprint density at radius 1 is 1.00 bits per heavy atom. The number of likely N-dealkylation sites (tertiary alicyclic amines) is 1. The van der Waals surface area contributed by atoms with Crippen molar-refractivity contribution in [3.8, 4) is 11.5 Å². The standard InChI is InChI=1S/C30H41N3O5/c1-30(2,3)38-28(34)22-10-7-11-23(17-22)33(20-21-9-8-16-32(19-21)29(31)35)24-14-15-26(36-4)27(18-24)37-25-12-5-6-13-25/h7,10-11,14-15,17-18,21,25H,5-6,8-9,12-13,16,19-20H2,1-4H3,(H2,31,35). The first-order valence-corrected chi connectivity index (χ1v) is 13.6. The van der Waals surface area contributed by atoms with E-state index in [2.05, 4.69) is 4.90 Å². The van der Waals surface area contributed by atoms with Gasteiger partial charge in [-0.15, -0.1) is 0 Å². The third-order valence-corrected chi connectivity index (χ3v) is 7.12. The van der Waals surface area contributed by atoms with Gasteiger partial charge in [0.1, 0.15) is 5.60 Å². The van der Waals surface area contributed by atoms with Crippen LogP contribution in [0.5, 0.6) is 11.5 Å². The summed E-state index contributed by atoms with van der Waals surface area (Å²) in [6.45, 7) is 7.51. The highest BCUT2D eigenvalue weighted by Crippen LogP contribution is 2.38. The summed E-state index contributed by atoms with van der Waals surface area (Å²) < 4.78 is 17.6. The number of nitrogens with two attached hydrogens (primary N) is 1. The van der Waals surface area contributed by atoms with Crippen LogP contribution in [-0.2, 0) is 4.74 Å². The molecule has 4 rings (SSSR count). The highest BCUT2D eigenvalue weighted by Gasteiger charge is 2.27. The van der Waals surface area contributed by atoms with Crippen molar-refractivity contribution in [3.63, 3.8) is 0 Å². The smallest absolute Gasteiger partial charge is 0.338 e. The van der Waals surface area contributed by atoms with E-state index < -0.39 is 5.60 Å². The van der Waals surface area contributed by atoms with Gasteiger partial charge < -0.3 is 29.7 Å². The normalized spacial score (nSPS) is 18.2. The summed E-state index contributed by atoms with van der Waals surface area (Å²) in [6.07, 6.45) is 6.50. The number of hydrogen-bond donors (Lipinski definition) is 1. The highest BCUT2D eigenvalue weighted by atomic mass is 16.6. The molecular weight excluding hydrogens is 482 g/mol. The Bertz CT molecular complexity index is 1120. The fourth-order valence-corrected chi connectivity index (χ4v) is 5.28. The number of hydrogen-bond acceptors (Lipinski definition) is 6. The van der Waals surface area contributed by atoms with Gasteiger partial charge in [0.05, 0.1) is 18.8 Å². The van der Waals surface area contributed by atoms with Crippen molar-refractivity contribution in [3.05, 3.63) is 48.0 Å². The summed E-state index contributed by atoms with van der Waals surface area (Å²) >= 11 is 0. The van der Waals surface area contributed by atoms with Crippen LogP contribution in [0, 0.1) is 5.92 Å². The van der Waals surface area contributed by atoms with Crippen LogP contribution in [0.2, 0.25) is 0 Å². The number of urea groups is 1. The number of carbonyl (C=O) groups is 2. The highest BCUT2D eigenvalue weighted by molar-refractivity contribution is 5.91. The molecule has 1 aliphatic carbocycles. The molecule has 0 aromatic heterocycles. The number of nitrogens with zero attached hydrogens (tertiary/aromatic N) is 2. The molecule has 206 valence electrons. The molecule has 2 fully saturated rings. The molecule has 1 unspecified atom stereocenters. The predicted molar refractivity (Wildman–Crippen MR) is 148 cm³/mol. The van der Waals surface area contributed by atoms with Gasteiger partial charge in [0.2, 0.25) is 0 Å². The van der Waals surface area contributed by atoms with E-state index in [4.69, 9.17) is 19.9 Å². The lowest BCUT2D eigenvalue weighted by Crippen LogP contribution is -2.45. The van der Waals surface area contributed by atoms with Crippen molar-refractivity contribution in [2.24, 2.45) is 11.7 Å². The topological polar surface area (TPSA) is 94.3 Å². The van der Waals surface area contributed by atoms with E-state index in [1.165, 1.54) is 12.8 Å². The summed E-state index contributed by atoms with van der Waals surface area (Å²) in [5.74, 6) is 1.26. The molecule has 0 spiro atoms. The Hall–Kier alpha value is -3.42. The fraction of sp³-hybridized carbons (Fsp3) is 0.533. The number of anilines is 2. The zero-order valence-corrected chi connectivity index (χ0v) is 23.1. The monoisotopic (exact) mass is 523 g/mol. The van der Waals surface area contributed by atoms with Crippen LogP contribution in [0.3, 0.4) is 0 Å². The summed E-state index contributed by atoms with van der Waals surface area (Å²) in [5.41, 5.74) is 7.30. The largest absolute Gasteiger partial charge is 0.493 e. The molecule has 2 N–H and O–H groups in total. The first-order valence-electron chi connectivity index (χ1n) is 13.6. The lowest BCUT2D eigenvalue weighted by molar-refractivity contribution is 0.00694. The summed E-state index contributed by atoms with van der Waals surface area (Å²) in [7, 11) is 1.65. The number of ether oxygens (including phenoxy) is 3. The molecule has 1 saturated carbocycles. The van der Waals surface area contributed by atoms with E-state index in [0.29, 0.717) is 36.7 Å². The Labute approximate surface area is 226 Å². The van der Waals surface area contributed by atoms with Gasteiger partial charge in [0.15, 0.2) is 11.5 Å². The third-order valence-electron chi connectivity index (χ3n) is 7.12. The maximum atomic E-state index is 12.9. The van der Waals surface area contributed by atoms with E-state index in [-0.39, 0.29) is 24.0 Å². The van der Waals surface area contributed by atoms with Crippen LogP contribution < -0.4 is 20.1 Å². The number of esters is 1. The summed E-state index contributed by atoms with van der Waals surface area (Å²) in [6, 6.07) is 13.1. The van der Waals surface area contributed by atoms with Gasteiger partial charge in [-0.3, -0.25) is 0 Å². The number of rotatable bonds is 8. The van der Waals surface area contributed by atoms with Crippen LogP contribution in [0.1, 0.15) is 69.7 Å². The molecule has 38 heavy (non-hydrogen) atoms. The minimum atomic E-state index is -0.588. The fourth-order valence-electron chi connectivity index (χ4n) is 5.28. The number of carbonyl (C=O) groups excluding carboxylic acids is 2. The van der Waals surface area contributed by atoms with Crippen molar-refractivity contribution in [2.45, 2.75) is 71.0 Å². The molecule has 1 saturated heterocycles. The molecule has 2 aromatic carbocycles. The lowest BCUT2D eigenvalue weighted by Gasteiger charge is -2.36. The zero-order valence-electron chi connectivity index (χ0n) is 23.1. The van der Waals surface area contributed by atoms with Crippen LogP contribution in [0.25, 0.3) is 0 Å². The third kappa shape index (κ3) is 7.11. The zero-order chi connectivity index (χ0) is 27.3. The maximum absolute atomic E-state index is 12.9. The van der Waals surface area contributed by atoms with E-state index in [1.54, 1.807) is 18.1 Å². The number of benzene rings is 2. The van der Waals surface area contributed by atoms with Gasteiger partial charge in [-0.05, 0) is 95.5 Å². The summed E-state index contributed by atoms with van der Waals surface area (Å²) in [5, 5.41) is 0. The second-order valence-corrected chi connectivity index (χ2v) is 11.3. The number of piperidine rings is 1. The average Bonchev–Trinajstić information content (AvgIpc) is 3.39. The van der Waals surface area contributed by atoms with Gasteiger partial charge in [0, 0.05) is 37.1 Å². The lowest BCUT2D eigenvalue weighted by atomic mass is 9.97. The summed E-state index contributed by atoms with van der Waals surface area (Å²) in [4.78, 5) is 28.7. The second-order valence-electron chi connectivity index (χ2n) is 11.3. The SMILES string of the molecule is COc1ccc(N(CC2CCCN(C(N)=O)C2)c2cccc(C(=O)OC(C)(C)C)c2)cc1OC1CCCC1. The molecule has 8 nitrogen and oxygen atoms in total. The molecule has 8 heteroatoms. The Kier molecular flexibility index (Phi) is 8.69. The van der Waals surface area contributed by atoms with Gasteiger partial charge in [-0.2, -0.15) is 0 Å². The molecule has 0 bridgehead atoms. The van der Waals surface area contributed by atoms with E-state index >= 15 is 0 Å². The molecule has 1 atom stereocenters. The van der Waals surface area contributed by atoms with Gasteiger partial charge in [0.25, 0.3) is 0 Å². The molecule has 1 heterocycles. The van der Waals surface area contributed by atoms with Crippen LogP contribution in [-0.4, -0.2) is 55.3 Å². The molecule has 1 aliphatic heterocycles. The average molecular weight is 524 g/mol. The molecular formula is C30H41N3O5. The van der Waals surface area contributed by atoms with Gasteiger partial charge in [-0.1, -0.05) is 6.07 Å². The first-order chi connectivity index (χ1) is 18.1. The van der Waals surface area contributed by atoms with Crippen molar-refractivity contribution < 1.29 is 23.8 Å². The van der Waals surface area contributed by atoms with Crippen LogP contribution in [0.15, 0.2) is 42.5 Å². The molecule has 2 aliphatic rings. The molecule has 2 amide bonds. The van der Waals surface area contributed by atoms with Crippen molar-refractivity contribution >= 4 is 23.4 Å². The van der Waals surface area contributed by atoms with Crippen LogP contribution in [0.4, 0.5) is 16.2 Å². The van der Waals surface area contributed by atoms with E-state index in [1.807, 2.05) is 57.2 Å². The predicted octanol–water partition coefficient (Wildman–Crippen LogP) is 5.90. The van der Waals surface area contributed by atoms with E-state index in [9.17, 15) is 9.59 Å². The van der Waals surface area contributed by atoms with Crippen molar-refractivity contribution in [2.75, 3.05) is 31.6 Å². The molecule has 2 aromatic rings. The van der Waals surface area contributed by atoms with Crippen molar-refractivity contribution in [1.29, 1.82) is 0 Å². The number of methoxy groups -OCH3 is 1. The maximum Gasteiger partial charge on any atom is 0.338 e. The Morgan fingerprint density at radius 2 is 1.74 bits per heavy atom. The van der Waals surface area contributed by atoms with Gasteiger partial charge >= 0.3 is 12.0 Å². The second kappa shape index (κ2) is 12.0. The molecule has 0 radical (unpaired) electrons. The van der Waals surface area contributed by atoms with Crippen LogP contribution >= 0.6 is 0 Å². The number of amides is 2. The van der Waals surface area contributed by atoms with E-state index in [0.717, 1.165) is 37.1 Å². The minimum absolute atomic E-state index is 0.186. The minimum Gasteiger partial charge on any atom is -0.493 e.